The lowest BCUT2D eigenvalue weighted by molar-refractivity contribution is -0.382. The third-order valence-electron chi connectivity index (χ3n) is 5.64. The van der Waals surface area contributed by atoms with Gasteiger partial charge in [0.1, 0.15) is 5.71 Å². The molecule has 26 heavy (non-hydrogen) atoms. The first-order valence-corrected chi connectivity index (χ1v) is 9.01. The van der Waals surface area contributed by atoms with E-state index in [-0.39, 0.29) is 0 Å². The lowest BCUT2D eigenvalue weighted by atomic mass is 9.78. The number of rotatable bonds is 3. The fourth-order valence-electron chi connectivity index (χ4n) is 4.74. The summed E-state index contributed by atoms with van der Waals surface area (Å²) in [5.41, 5.74) is 9.49. The second-order valence-corrected chi connectivity index (χ2v) is 7.22. The van der Waals surface area contributed by atoms with E-state index in [4.69, 9.17) is 9.31 Å². The van der Waals surface area contributed by atoms with Crippen LogP contribution in [0.3, 0.4) is 0 Å². The van der Waals surface area contributed by atoms with Gasteiger partial charge in [0, 0.05) is 24.3 Å². The van der Waals surface area contributed by atoms with Crippen LogP contribution in [0.2, 0.25) is 0 Å². The number of allylic oxidation sites excluding steroid dienone is 2. The minimum atomic E-state index is -1.86. The van der Waals surface area contributed by atoms with Crippen LogP contribution in [0.5, 0.6) is 0 Å². The van der Waals surface area contributed by atoms with Crippen molar-refractivity contribution in [2.75, 3.05) is 14.2 Å². The van der Waals surface area contributed by atoms with Gasteiger partial charge >= 0.3 is 6.82 Å². The monoisotopic (exact) mass is 348 g/mol. The molecule has 5 heteroatoms. The summed E-state index contributed by atoms with van der Waals surface area (Å²) in [6.45, 7) is 6.69. The Morgan fingerprint density at radius 1 is 0.962 bits per heavy atom. The predicted octanol–water partition coefficient (Wildman–Crippen LogP) is 3.89. The SMILES string of the molecule is CO[B-]1(OC)n2c(C)cc(C)c2C(c2ccccc2)=C2C(C)=CC(C)=[N+]21. The van der Waals surface area contributed by atoms with E-state index in [0.717, 1.165) is 11.4 Å². The van der Waals surface area contributed by atoms with Gasteiger partial charge in [-0.05, 0) is 57.9 Å². The maximum Gasteiger partial charge on any atom is 0.665 e. The lowest BCUT2D eigenvalue weighted by Crippen LogP contribution is -2.61. The highest BCUT2D eigenvalue weighted by molar-refractivity contribution is 6.59. The van der Waals surface area contributed by atoms with Gasteiger partial charge in [0.25, 0.3) is 0 Å². The molecule has 0 aliphatic carbocycles. The van der Waals surface area contributed by atoms with Crippen molar-refractivity contribution in [1.29, 1.82) is 0 Å². The Bertz CT molecular complexity index is 993. The van der Waals surface area contributed by atoms with E-state index in [0.29, 0.717) is 0 Å². The molecule has 0 fully saturated rings. The summed E-state index contributed by atoms with van der Waals surface area (Å²) in [5, 5.41) is 0. The van der Waals surface area contributed by atoms with Gasteiger partial charge in [0.15, 0.2) is 5.70 Å². The molecule has 0 spiro atoms. The molecule has 4 rings (SSSR count). The summed E-state index contributed by atoms with van der Waals surface area (Å²) < 4.78 is 16.7. The first kappa shape index (κ1) is 17.1. The van der Waals surface area contributed by atoms with Gasteiger partial charge < -0.3 is 18.3 Å². The summed E-state index contributed by atoms with van der Waals surface area (Å²) >= 11 is 0. The highest BCUT2D eigenvalue weighted by atomic mass is 16.6. The van der Waals surface area contributed by atoms with Gasteiger partial charge in [-0.3, -0.25) is 0 Å². The highest BCUT2D eigenvalue weighted by Gasteiger charge is 2.55. The Balaban J connectivity index is 2.20. The van der Waals surface area contributed by atoms with Gasteiger partial charge in [-0.1, -0.05) is 30.3 Å². The first-order chi connectivity index (χ1) is 12.5. The van der Waals surface area contributed by atoms with Crippen molar-refractivity contribution in [2.24, 2.45) is 0 Å². The Hall–Kier alpha value is -2.37. The normalized spacial score (nSPS) is 18.2. The van der Waals surface area contributed by atoms with Crippen molar-refractivity contribution in [3.8, 4) is 0 Å². The summed E-state index contributed by atoms with van der Waals surface area (Å²) in [6.07, 6.45) is 2.21. The van der Waals surface area contributed by atoms with E-state index in [1.165, 1.54) is 33.7 Å². The molecule has 0 saturated carbocycles. The average Bonchev–Trinajstić information content (AvgIpc) is 3.11. The molecule has 2 aliphatic heterocycles. The van der Waals surface area contributed by atoms with Gasteiger partial charge in [-0.25, -0.2) is 0 Å². The molecule has 0 bridgehead atoms. The molecule has 0 unspecified atom stereocenters. The highest BCUT2D eigenvalue weighted by Crippen LogP contribution is 2.43. The topological polar surface area (TPSA) is 26.4 Å². The molecular formula is C21H25BN2O2. The third kappa shape index (κ3) is 2.01. The predicted molar refractivity (Wildman–Crippen MR) is 106 cm³/mol. The second-order valence-electron chi connectivity index (χ2n) is 7.22. The lowest BCUT2D eigenvalue weighted by Gasteiger charge is -2.41. The summed E-state index contributed by atoms with van der Waals surface area (Å²) in [4.78, 5) is 0. The van der Waals surface area contributed by atoms with Crippen molar-refractivity contribution in [1.82, 2.24) is 4.48 Å². The van der Waals surface area contributed by atoms with Crippen LogP contribution < -0.4 is 0 Å². The van der Waals surface area contributed by atoms with Crippen LogP contribution in [0.4, 0.5) is 0 Å². The van der Waals surface area contributed by atoms with Crippen LogP contribution in [0, 0.1) is 13.8 Å². The smallest absolute Gasteiger partial charge is 0.486 e. The fourth-order valence-corrected chi connectivity index (χ4v) is 4.74. The Labute approximate surface area is 155 Å². The molecule has 0 amide bonds. The Morgan fingerprint density at radius 2 is 1.62 bits per heavy atom. The van der Waals surface area contributed by atoms with E-state index >= 15 is 0 Å². The molecule has 2 aromatic rings. The molecule has 3 heterocycles. The second kappa shape index (κ2) is 5.83. The number of hydrogen-bond donors (Lipinski definition) is 0. The van der Waals surface area contributed by atoms with E-state index in [2.05, 4.69) is 79.1 Å². The number of aromatic nitrogens is 1. The molecule has 4 nitrogen and oxygen atoms in total. The molecular weight excluding hydrogens is 323 g/mol. The van der Waals surface area contributed by atoms with E-state index in [1.54, 1.807) is 14.2 Å². The minimum Gasteiger partial charge on any atom is -0.486 e. The van der Waals surface area contributed by atoms with Gasteiger partial charge in [-0.2, -0.15) is 0 Å². The number of aryl methyl sites for hydroxylation is 2. The molecule has 1 aromatic heterocycles. The molecule has 0 atom stereocenters. The van der Waals surface area contributed by atoms with Crippen LogP contribution in [-0.2, 0) is 9.31 Å². The summed E-state index contributed by atoms with van der Waals surface area (Å²) in [5.74, 6) is 0. The molecule has 0 saturated heterocycles. The van der Waals surface area contributed by atoms with Crippen molar-refractivity contribution < 1.29 is 13.8 Å². The fraction of sp³-hybridized carbons (Fsp3) is 0.286. The van der Waals surface area contributed by atoms with E-state index < -0.39 is 6.82 Å². The van der Waals surface area contributed by atoms with Gasteiger partial charge in [0.2, 0.25) is 0 Å². The quantitative estimate of drug-likeness (QED) is 0.787. The maximum atomic E-state index is 6.11. The Morgan fingerprint density at radius 3 is 2.23 bits per heavy atom. The number of fused-ring (bicyclic) bond motifs is 2. The van der Waals surface area contributed by atoms with Crippen LogP contribution in [0.15, 0.2) is 53.7 Å². The molecule has 0 N–H and O–H groups in total. The van der Waals surface area contributed by atoms with Gasteiger partial charge in [0.05, 0.1) is 5.57 Å². The van der Waals surface area contributed by atoms with Crippen LogP contribution in [-0.4, -0.2) is 35.7 Å². The van der Waals surface area contributed by atoms with Crippen LogP contribution in [0.25, 0.3) is 5.57 Å². The van der Waals surface area contributed by atoms with Crippen molar-refractivity contribution in [2.45, 2.75) is 27.7 Å². The standard InChI is InChI=1S/C21H25BN2O2/c1-14-12-16(3)23-20(14)19(18-10-8-7-9-11-18)21-15(2)13-17(4)24(21)22(23,25-5)26-6/h7-13H,1-6H3. The van der Waals surface area contributed by atoms with E-state index in [1.807, 2.05) is 0 Å². The van der Waals surface area contributed by atoms with Crippen LogP contribution in [0.1, 0.15) is 36.4 Å². The zero-order chi connectivity index (χ0) is 18.6. The molecule has 1 aromatic carbocycles. The zero-order valence-electron chi connectivity index (χ0n) is 16.3. The summed E-state index contributed by atoms with van der Waals surface area (Å²) in [7, 11) is 3.46. The molecule has 2 aliphatic rings. The van der Waals surface area contributed by atoms with Crippen LogP contribution >= 0.6 is 0 Å². The maximum absolute atomic E-state index is 6.11. The average molecular weight is 348 g/mol. The number of nitrogens with zero attached hydrogens (tertiary/aromatic N) is 2. The van der Waals surface area contributed by atoms with Crippen molar-refractivity contribution >= 4 is 18.1 Å². The largest absolute Gasteiger partial charge is 0.665 e. The van der Waals surface area contributed by atoms with E-state index in [9.17, 15) is 0 Å². The molecule has 0 radical (unpaired) electrons. The zero-order valence-corrected chi connectivity index (χ0v) is 16.3. The van der Waals surface area contributed by atoms with Crippen molar-refractivity contribution in [3.05, 3.63) is 76.3 Å². The van der Waals surface area contributed by atoms with Gasteiger partial charge in [-0.15, -0.1) is 0 Å². The minimum absolute atomic E-state index is 1.13. The number of benzene rings is 1. The number of hydrogen-bond acceptors (Lipinski definition) is 2. The summed E-state index contributed by atoms with van der Waals surface area (Å²) in [6, 6.07) is 12.8. The molecule has 134 valence electrons. The Kier molecular flexibility index (Phi) is 3.83. The third-order valence-corrected chi connectivity index (χ3v) is 5.64. The van der Waals surface area contributed by atoms with Crippen molar-refractivity contribution in [3.63, 3.8) is 0 Å². The first-order valence-electron chi connectivity index (χ1n) is 9.01.